The summed E-state index contributed by atoms with van der Waals surface area (Å²) >= 11 is 3.23. The van der Waals surface area contributed by atoms with E-state index in [2.05, 4.69) is 21.2 Å². The van der Waals surface area contributed by atoms with Crippen molar-refractivity contribution >= 4 is 27.5 Å². The van der Waals surface area contributed by atoms with E-state index >= 15 is 0 Å². The number of rotatable bonds is 2. The van der Waals surface area contributed by atoms with Gasteiger partial charge >= 0.3 is 0 Å². The highest BCUT2D eigenvalue weighted by Gasteiger charge is 2.11. The molecule has 0 bridgehead atoms. The minimum absolute atomic E-state index is 0.340. The van der Waals surface area contributed by atoms with E-state index in [0.717, 1.165) is 0 Å². The van der Waals surface area contributed by atoms with E-state index in [1.165, 1.54) is 24.5 Å². The van der Waals surface area contributed by atoms with Gasteiger partial charge in [-0.2, -0.15) is 0 Å². The van der Waals surface area contributed by atoms with Crippen LogP contribution < -0.4 is 5.32 Å². The van der Waals surface area contributed by atoms with Crippen LogP contribution in [0, 0.1) is 12.7 Å². The molecule has 1 heterocycles. The highest BCUT2D eigenvalue weighted by atomic mass is 79.9. The van der Waals surface area contributed by atoms with Gasteiger partial charge in [-0.1, -0.05) is 0 Å². The molecule has 1 amide bonds. The Balaban J connectivity index is 2.21. The summed E-state index contributed by atoms with van der Waals surface area (Å²) in [5.74, 6) is -0.103. The summed E-state index contributed by atoms with van der Waals surface area (Å²) in [4.78, 5) is 11.8. The van der Waals surface area contributed by atoms with Crippen LogP contribution in [0.3, 0.4) is 0 Å². The van der Waals surface area contributed by atoms with Gasteiger partial charge in [0.2, 0.25) is 0 Å². The standard InChI is InChI=1S/C12H9BrFNO2/c1-7-4-8(6-17-7)12(16)15-11-5-9(14)2-3-10(11)13/h2-6H,1H3,(H,15,16). The first-order valence-corrected chi connectivity index (χ1v) is 5.67. The third-order valence-corrected chi connectivity index (χ3v) is 2.86. The van der Waals surface area contributed by atoms with Gasteiger partial charge in [-0.05, 0) is 47.1 Å². The molecule has 88 valence electrons. The highest BCUT2D eigenvalue weighted by molar-refractivity contribution is 9.10. The summed E-state index contributed by atoms with van der Waals surface area (Å²) in [6.07, 6.45) is 1.36. The summed E-state index contributed by atoms with van der Waals surface area (Å²) < 4.78 is 18.7. The quantitative estimate of drug-likeness (QED) is 0.917. The molecule has 5 heteroatoms. The van der Waals surface area contributed by atoms with Gasteiger partial charge in [0.15, 0.2) is 0 Å². The average Bonchev–Trinajstić information content (AvgIpc) is 2.70. The second-order valence-electron chi connectivity index (χ2n) is 3.52. The molecular weight excluding hydrogens is 289 g/mol. The minimum Gasteiger partial charge on any atom is -0.469 e. The van der Waals surface area contributed by atoms with Gasteiger partial charge in [0, 0.05) is 4.47 Å². The molecule has 17 heavy (non-hydrogen) atoms. The van der Waals surface area contributed by atoms with Crippen LogP contribution in [-0.4, -0.2) is 5.91 Å². The summed E-state index contributed by atoms with van der Waals surface area (Å²) in [7, 11) is 0. The Morgan fingerprint density at radius 3 is 2.82 bits per heavy atom. The average molecular weight is 298 g/mol. The molecule has 1 N–H and O–H groups in total. The maximum Gasteiger partial charge on any atom is 0.258 e. The lowest BCUT2D eigenvalue weighted by molar-refractivity contribution is 0.102. The Hall–Kier alpha value is -1.62. The van der Waals surface area contributed by atoms with Crippen molar-refractivity contribution in [3.63, 3.8) is 0 Å². The Morgan fingerprint density at radius 2 is 2.18 bits per heavy atom. The van der Waals surface area contributed by atoms with Crippen LogP contribution in [0.25, 0.3) is 0 Å². The van der Waals surface area contributed by atoms with Crippen molar-refractivity contribution in [1.29, 1.82) is 0 Å². The van der Waals surface area contributed by atoms with Crippen LogP contribution in [-0.2, 0) is 0 Å². The molecule has 0 saturated carbocycles. The molecule has 0 aliphatic heterocycles. The van der Waals surface area contributed by atoms with E-state index in [9.17, 15) is 9.18 Å². The van der Waals surface area contributed by atoms with Crippen LogP contribution in [0.5, 0.6) is 0 Å². The summed E-state index contributed by atoms with van der Waals surface area (Å²) in [5, 5.41) is 2.59. The fourth-order valence-corrected chi connectivity index (χ4v) is 1.70. The number of hydrogen-bond donors (Lipinski definition) is 1. The molecule has 1 aromatic heterocycles. The molecule has 0 unspecified atom stereocenters. The molecule has 0 spiro atoms. The van der Waals surface area contributed by atoms with Crippen molar-refractivity contribution < 1.29 is 13.6 Å². The number of carbonyl (C=O) groups is 1. The first-order valence-electron chi connectivity index (χ1n) is 4.88. The van der Waals surface area contributed by atoms with Crippen LogP contribution in [0.15, 0.2) is 39.4 Å². The van der Waals surface area contributed by atoms with Crippen LogP contribution in [0.2, 0.25) is 0 Å². The topological polar surface area (TPSA) is 42.2 Å². The molecule has 0 aliphatic carbocycles. The molecule has 1 aromatic carbocycles. The number of anilines is 1. The number of nitrogens with one attached hydrogen (secondary N) is 1. The molecule has 2 aromatic rings. The first kappa shape index (κ1) is 11.9. The van der Waals surface area contributed by atoms with Crippen molar-refractivity contribution in [2.75, 3.05) is 5.32 Å². The molecule has 0 fully saturated rings. The predicted octanol–water partition coefficient (Wildman–Crippen LogP) is 3.74. The smallest absolute Gasteiger partial charge is 0.258 e. The molecule has 0 radical (unpaired) electrons. The maximum atomic E-state index is 13.0. The van der Waals surface area contributed by atoms with Crippen LogP contribution >= 0.6 is 15.9 Å². The Morgan fingerprint density at radius 1 is 1.41 bits per heavy atom. The zero-order chi connectivity index (χ0) is 12.4. The second kappa shape index (κ2) is 4.71. The van der Waals surface area contributed by atoms with E-state index in [-0.39, 0.29) is 5.91 Å². The zero-order valence-electron chi connectivity index (χ0n) is 8.96. The number of hydrogen-bond acceptors (Lipinski definition) is 2. The van der Waals surface area contributed by atoms with Gasteiger partial charge in [-0.3, -0.25) is 4.79 Å². The van der Waals surface area contributed by atoms with Crippen molar-refractivity contribution in [3.8, 4) is 0 Å². The van der Waals surface area contributed by atoms with Gasteiger partial charge in [0.1, 0.15) is 17.8 Å². The molecule has 0 aliphatic rings. The third kappa shape index (κ3) is 2.74. The van der Waals surface area contributed by atoms with Crippen molar-refractivity contribution in [1.82, 2.24) is 0 Å². The Bertz CT molecular complexity index is 565. The van der Waals surface area contributed by atoms with Gasteiger partial charge < -0.3 is 9.73 Å². The van der Waals surface area contributed by atoms with Crippen molar-refractivity contribution in [3.05, 3.63) is 52.1 Å². The lowest BCUT2D eigenvalue weighted by atomic mass is 10.2. The molecular formula is C12H9BrFNO2. The number of amides is 1. The fourth-order valence-electron chi connectivity index (χ4n) is 1.35. The van der Waals surface area contributed by atoms with Crippen LogP contribution in [0.4, 0.5) is 10.1 Å². The number of furan rings is 1. The Labute approximate surface area is 106 Å². The Kier molecular flexibility index (Phi) is 3.28. The van der Waals surface area contributed by atoms with Gasteiger partial charge in [-0.25, -0.2) is 4.39 Å². The summed E-state index contributed by atoms with van der Waals surface area (Å²) in [6.45, 7) is 1.74. The fraction of sp³-hybridized carbons (Fsp3) is 0.0833. The predicted molar refractivity (Wildman–Crippen MR) is 65.5 cm³/mol. The van der Waals surface area contributed by atoms with E-state index < -0.39 is 5.82 Å². The van der Waals surface area contributed by atoms with Crippen molar-refractivity contribution in [2.45, 2.75) is 6.92 Å². The first-order chi connectivity index (χ1) is 8.06. The second-order valence-corrected chi connectivity index (χ2v) is 4.38. The van der Waals surface area contributed by atoms with Gasteiger partial charge in [0.05, 0.1) is 11.3 Å². The normalized spacial score (nSPS) is 10.3. The van der Waals surface area contributed by atoms with Crippen molar-refractivity contribution in [2.24, 2.45) is 0 Å². The summed E-state index contributed by atoms with van der Waals surface area (Å²) in [6, 6.07) is 5.70. The van der Waals surface area contributed by atoms with E-state index in [4.69, 9.17) is 4.42 Å². The molecule has 3 nitrogen and oxygen atoms in total. The van der Waals surface area contributed by atoms with Crippen LogP contribution in [0.1, 0.15) is 16.1 Å². The SMILES string of the molecule is Cc1cc(C(=O)Nc2cc(F)ccc2Br)co1. The van der Waals surface area contributed by atoms with Gasteiger partial charge in [-0.15, -0.1) is 0 Å². The number of aryl methyl sites for hydroxylation is 1. The highest BCUT2D eigenvalue weighted by Crippen LogP contribution is 2.23. The lowest BCUT2D eigenvalue weighted by Crippen LogP contribution is -2.11. The molecule has 0 atom stereocenters. The number of benzene rings is 1. The minimum atomic E-state index is -0.410. The zero-order valence-corrected chi connectivity index (χ0v) is 10.5. The van der Waals surface area contributed by atoms with E-state index in [0.29, 0.717) is 21.5 Å². The van der Waals surface area contributed by atoms with Gasteiger partial charge in [0.25, 0.3) is 5.91 Å². The number of halogens is 2. The monoisotopic (exact) mass is 297 g/mol. The van der Waals surface area contributed by atoms with E-state index in [1.807, 2.05) is 0 Å². The van der Waals surface area contributed by atoms with E-state index in [1.54, 1.807) is 13.0 Å². The molecule has 2 rings (SSSR count). The largest absolute Gasteiger partial charge is 0.469 e. The summed E-state index contributed by atoms with van der Waals surface area (Å²) in [5.41, 5.74) is 0.785. The number of carbonyl (C=O) groups excluding carboxylic acids is 1. The maximum absolute atomic E-state index is 13.0. The lowest BCUT2D eigenvalue weighted by Gasteiger charge is -2.05. The molecule has 0 saturated heterocycles. The third-order valence-electron chi connectivity index (χ3n) is 2.17.